The Bertz CT molecular complexity index is 675. The van der Waals surface area contributed by atoms with Gasteiger partial charge < -0.3 is 9.47 Å². The Labute approximate surface area is 282 Å². The summed E-state index contributed by atoms with van der Waals surface area (Å²) in [6.07, 6.45) is 42.0. The lowest BCUT2D eigenvalue weighted by atomic mass is 10.1. The minimum absolute atomic E-state index is 0.132. The first-order valence-electron chi connectivity index (χ1n) is 18.8. The van der Waals surface area contributed by atoms with Gasteiger partial charge in [-0.2, -0.15) is 0 Å². The highest BCUT2D eigenvalue weighted by Gasteiger charge is 2.15. The summed E-state index contributed by atoms with van der Waals surface area (Å²) in [6, 6.07) is 0. The zero-order chi connectivity index (χ0) is 32.2. The summed E-state index contributed by atoms with van der Waals surface area (Å²) < 4.78 is 10.9. The molecule has 0 aromatic heterocycles. The van der Waals surface area contributed by atoms with Gasteiger partial charge in [-0.05, 0) is 64.2 Å². The molecule has 0 aliphatic carbocycles. The van der Waals surface area contributed by atoms with Crippen LogP contribution in [0.3, 0.4) is 0 Å². The number of hydrogen-bond acceptors (Lipinski definition) is 4. The van der Waals surface area contributed by atoms with E-state index in [1.165, 1.54) is 128 Å². The maximum absolute atomic E-state index is 12.2. The predicted octanol–water partition coefficient (Wildman–Crippen LogP) is 12.9. The number of unbranched alkanes of at least 4 members (excludes halogenated alkanes) is 22. The monoisotopic (exact) mass is 682 g/mol. The SMILES string of the molecule is CCCCCCCCC=CCCCCCCCC(=O)OCC(CBr)OC(=O)CCCCCCCC=CCCCCCCCC. The lowest BCUT2D eigenvalue weighted by Crippen LogP contribution is -2.26. The molecule has 0 N–H and O–H groups in total. The van der Waals surface area contributed by atoms with Crippen molar-refractivity contribution in [2.24, 2.45) is 0 Å². The molecule has 0 saturated carbocycles. The molecular formula is C39H71BrO4. The highest BCUT2D eigenvalue weighted by Crippen LogP contribution is 2.13. The average Bonchev–Trinajstić information content (AvgIpc) is 3.02. The molecule has 5 heteroatoms. The van der Waals surface area contributed by atoms with E-state index in [1.807, 2.05) is 0 Å². The molecule has 0 bridgehead atoms. The van der Waals surface area contributed by atoms with Crippen molar-refractivity contribution in [3.63, 3.8) is 0 Å². The summed E-state index contributed by atoms with van der Waals surface area (Å²) in [6.45, 7) is 4.66. The number of ether oxygens (including phenoxy) is 2. The van der Waals surface area contributed by atoms with Gasteiger partial charge in [0.1, 0.15) is 12.7 Å². The molecular weight excluding hydrogens is 612 g/mol. The molecule has 0 aromatic rings. The number of halogens is 1. The van der Waals surface area contributed by atoms with E-state index in [0.29, 0.717) is 18.2 Å². The third-order valence-corrected chi connectivity index (χ3v) is 8.91. The van der Waals surface area contributed by atoms with Crippen molar-refractivity contribution in [3.05, 3.63) is 24.3 Å². The van der Waals surface area contributed by atoms with Crippen molar-refractivity contribution in [2.75, 3.05) is 11.9 Å². The summed E-state index contributed by atoms with van der Waals surface area (Å²) in [7, 11) is 0. The second kappa shape index (κ2) is 36.4. The van der Waals surface area contributed by atoms with Gasteiger partial charge in [-0.25, -0.2) is 0 Å². The Kier molecular flexibility index (Phi) is 35.5. The third-order valence-electron chi connectivity index (χ3n) is 8.19. The molecule has 0 fully saturated rings. The van der Waals surface area contributed by atoms with Crippen molar-refractivity contribution in [1.29, 1.82) is 0 Å². The zero-order valence-electron chi connectivity index (χ0n) is 29.1. The van der Waals surface area contributed by atoms with E-state index in [0.717, 1.165) is 38.5 Å². The minimum atomic E-state index is -0.413. The fourth-order valence-corrected chi connectivity index (χ4v) is 5.61. The standard InChI is InChI=1S/C39H71BrO4/c1-3-5-7-9-11-13-15-17-19-21-23-25-27-29-31-33-38(41)43-36-37(35-40)44-39(42)34-32-30-28-26-24-22-20-18-16-14-12-10-8-6-4-2/h17-20,37H,3-16,21-36H2,1-2H3. The van der Waals surface area contributed by atoms with Crippen molar-refractivity contribution >= 4 is 27.9 Å². The summed E-state index contributed by atoms with van der Waals surface area (Å²) in [5.41, 5.74) is 0. The first-order chi connectivity index (χ1) is 21.6. The van der Waals surface area contributed by atoms with Crippen LogP contribution in [0.2, 0.25) is 0 Å². The van der Waals surface area contributed by atoms with Crippen LogP contribution in [-0.2, 0) is 19.1 Å². The maximum atomic E-state index is 12.2. The number of rotatable bonds is 34. The summed E-state index contributed by atoms with van der Waals surface area (Å²) in [5.74, 6) is -0.387. The highest BCUT2D eigenvalue weighted by molar-refractivity contribution is 9.09. The quantitative estimate of drug-likeness (QED) is 0.0293. The van der Waals surface area contributed by atoms with Gasteiger partial charge in [0.05, 0.1) is 0 Å². The first kappa shape index (κ1) is 42.9. The van der Waals surface area contributed by atoms with E-state index in [-0.39, 0.29) is 18.5 Å². The van der Waals surface area contributed by atoms with Crippen LogP contribution in [0, 0.1) is 0 Å². The second-order valence-electron chi connectivity index (χ2n) is 12.6. The molecule has 0 radical (unpaired) electrons. The molecule has 4 nitrogen and oxygen atoms in total. The molecule has 0 rings (SSSR count). The Morgan fingerprint density at radius 1 is 0.500 bits per heavy atom. The van der Waals surface area contributed by atoms with Crippen LogP contribution in [-0.4, -0.2) is 30.0 Å². The maximum Gasteiger partial charge on any atom is 0.306 e. The van der Waals surface area contributed by atoms with Crippen LogP contribution < -0.4 is 0 Å². The first-order valence-corrected chi connectivity index (χ1v) is 20.0. The molecule has 0 heterocycles. The lowest BCUT2D eigenvalue weighted by Gasteiger charge is -2.15. The summed E-state index contributed by atoms with van der Waals surface area (Å²) >= 11 is 3.39. The number of hydrogen-bond donors (Lipinski definition) is 0. The van der Waals surface area contributed by atoms with E-state index in [9.17, 15) is 9.59 Å². The largest absolute Gasteiger partial charge is 0.462 e. The van der Waals surface area contributed by atoms with Crippen molar-refractivity contribution in [3.8, 4) is 0 Å². The predicted molar refractivity (Wildman–Crippen MR) is 194 cm³/mol. The topological polar surface area (TPSA) is 52.6 Å². The molecule has 0 aliphatic heterocycles. The van der Waals surface area contributed by atoms with Gasteiger partial charge in [0.2, 0.25) is 0 Å². The number of alkyl halides is 1. The van der Waals surface area contributed by atoms with Gasteiger partial charge in [-0.3, -0.25) is 9.59 Å². The van der Waals surface area contributed by atoms with Gasteiger partial charge in [0, 0.05) is 18.2 Å². The number of carbonyl (C=O) groups is 2. The third kappa shape index (κ3) is 33.8. The average molecular weight is 684 g/mol. The number of allylic oxidation sites excluding steroid dienone is 4. The smallest absolute Gasteiger partial charge is 0.306 e. The Morgan fingerprint density at radius 2 is 0.841 bits per heavy atom. The van der Waals surface area contributed by atoms with Crippen molar-refractivity contribution in [2.45, 2.75) is 200 Å². The van der Waals surface area contributed by atoms with Gasteiger partial charge in [0.15, 0.2) is 0 Å². The van der Waals surface area contributed by atoms with E-state index in [1.54, 1.807) is 0 Å². The minimum Gasteiger partial charge on any atom is -0.462 e. The molecule has 0 aromatic carbocycles. The van der Waals surface area contributed by atoms with E-state index in [2.05, 4.69) is 54.1 Å². The highest BCUT2D eigenvalue weighted by atomic mass is 79.9. The molecule has 0 aliphatic rings. The molecule has 0 saturated heterocycles. The van der Waals surface area contributed by atoms with Crippen LogP contribution in [0.1, 0.15) is 194 Å². The Hall–Kier alpha value is -1.10. The van der Waals surface area contributed by atoms with Crippen LogP contribution in [0.15, 0.2) is 24.3 Å². The van der Waals surface area contributed by atoms with Gasteiger partial charge in [-0.1, -0.05) is 157 Å². The fraction of sp³-hybridized carbons (Fsp3) is 0.846. The molecule has 0 spiro atoms. The second-order valence-corrected chi connectivity index (χ2v) is 13.3. The number of carbonyl (C=O) groups excluding carboxylic acids is 2. The van der Waals surface area contributed by atoms with E-state index in [4.69, 9.17) is 9.47 Å². The Morgan fingerprint density at radius 3 is 1.23 bits per heavy atom. The Balaban J connectivity index is 3.58. The molecule has 1 atom stereocenters. The van der Waals surface area contributed by atoms with E-state index < -0.39 is 6.10 Å². The lowest BCUT2D eigenvalue weighted by molar-refractivity contribution is -0.157. The van der Waals surface area contributed by atoms with E-state index >= 15 is 0 Å². The van der Waals surface area contributed by atoms with Crippen LogP contribution in [0.4, 0.5) is 0 Å². The van der Waals surface area contributed by atoms with Gasteiger partial charge in [0.25, 0.3) is 0 Å². The van der Waals surface area contributed by atoms with Crippen LogP contribution >= 0.6 is 15.9 Å². The van der Waals surface area contributed by atoms with Gasteiger partial charge >= 0.3 is 11.9 Å². The van der Waals surface area contributed by atoms with Crippen molar-refractivity contribution < 1.29 is 19.1 Å². The summed E-state index contributed by atoms with van der Waals surface area (Å²) in [5, 5.41) is 0.478. The van der Waals surface area contributed by atoms with Gasteiger partial charge in [-0.15, -0.1) is 0 Å². The molecule has 1 unspecified atom stereocenters. The zero-order valence-corrected chi connectivity index (χ0v) is 30.7. The summed E-state index contributed by atoms with van der Waals surface area (Å²) in [4.78, 5) is 24.3. The normalized spacial score (nSPS) is 12.3. The molecule has 0 amide bonds. The number of esters is 2. The fourth-order valence-electron chi connectivity index (χ4n) is 5.29. The van der Waals surface area contributed by atoms with Crippen molar-refractivity contribution in [1.82, 2.24) is 0 Å². The molecule has 44 heavy (non-hydrogen) atoms. The van der Waals surface area contributed by atoms with Crippen LogP contribution in [0.25, 0.3) is 0 Å². The van der Waals surface area contributed by atoms with Crippen LogP contribution in [0.5, 0.6) is 0 Å². The molecule has 258 valence electrons.